The largest absolute Gasteiger partial charge is 0.481 e. The van der Waals surface area contributed by atoms with Crippen LogP contribution in [-0.2, 0) is 4.79 Å². The topological polar surface area (TPSA) is 57.5 Å². The Balaban J connectivity index is 2.55. The van der Waals surface area contributed by atoms with Gasteiger partial charge >= 0.3 is 5.97 Å². The van der Waals surface area contributed by atoms with Crippen LogP contribution in [0.3, 0.4) is 0 Å². The number of hydrogen-bond acceptors (Lipinski definition) is 2. The minimum Gasteiger partial charge on any atom is -0.481 e. The maximum absolute atomic E-state index is 10.6. The van der Waals surface area contributed by atoms with Crippen molar-refractivity contribution in [1.82, 2.24) is 0 Å². The number of carboxylic acid groups (broad SMARTS) is 1. The fourth-order valence-electron chi connectivity index (χ4n) is 2.04. The average Bonchev–Trinajstić information content (AvgIpc) is 2.29. The van der Waals surface area contributed by atoms with Crippen molar-refractivity contribution in [2.45, 2.75) is 19.4 Å². The van der Waals surface area contributed by atoms with Gasteiger partial charge in [-0.2, -0.15) is 0 Å². The number of hydrogen-bond donors (Lipinski definition) is 2. The second-order valence-electron chi connectivity index (χ2n) is 4.13. The number of aryl methyl sites for hydroxylation is 1. The summed E-state index contributed by atoms with van der Waals surface area (Å²) < 4.78 is 0. The number of carboxylic acids is 1. The fourth-order valence-corrected chi connectivity index (χ4v) is 2.04. The van der Waals surface area contributed by atoms with Crippen molar-refractivity contribution in [2.75, 3.05) is 0 Å². The Morgan fingerprint density at radius 3 is 2.47 bits per heavy atom. The first-order chi connectivity index (χ1) is 8.09. The van der Waals surface area contributed by atoms with Gasteiger partial charge in [0, 0.05) is 0 Å². The minimum atomic E-state index is -0.998. The van der Waals surface area contributed by atoms with Crippen LogP contribution >= 0.6 is 0 Å². The smallest absolute Gasteiger partial charge is 0.306 e. The van der Waals surface area contributed by atoms with Crippen molar-refractivity contribution in [2.24, 2.45) is 0 Å². The van der Waals surface area contributed by atoms with E-state index in [1.807, 2.05) is 37.3 Å². The number of benzene rings is 2. The van der Waals surface area contributed by atoms with Crippen LogP contribution in [0, 0.1) is 6.92 Å². The highest BCUT2D eigenvalue weighted by atomic mass is 16.4. The Labute approximate surface area is 99.3 Å². The fraction of sp³-hybridized carbons (Fsp3) is 0.214. The standard InChI is InChI=1S/C14H14O3/c1-9-6-7-12(13(15)8-14(16)17)11-5-3-2-4-10(9)11/h2-7,13,15H,8H2,1H3,(H,16,17)/t13-/m1/s1. The second kappa shape index (κ2) is 4.55. The molecule has 0 saturated carbocycles. The number of aliphatic hydroxyl groups is 1. The SMILES string of the molecule is Cc1ccc([C@H](O)CC(=O)O)c2ccccc12. The van der Waals surface area contributed by atoms with E-state index in [4.69, 9.17) is 5.11 Å². The molecular formula is C14H14O3. The molecule has 0 aromatic heterocycles. The van der Waals surface area contributed by atoms with E-state index in [1.165, 1.54) is 0 Å². The molecule has 1 atom stereocenters. The lowest BCUT2D eigenvalue weighted by molar-refractivity contribution is -0.139. The first-order valence-corrected chi connectivity index (χ1v) is 5.47. The molecule has 3 heteroatoms. The number of aliphatic carboxylic acids is 1. The van der Waals surface area contributed by atoms with Crippen LogP contribution < -0.4 is 0 Å². The van der Waals surface area contributed by atoms with Crippen molar-refractivity contribution in [3.63, 3.8) is 0 Å². The Kier molecular flexibility index (Phi) is 3.11. The lowest BCUT2D eigenvalue weighted by atomic mass is 9.96. The van der Waals surface area contributed by atoms with Crippen LogP contribution in [0.5, 0.6) is 0 Å². The Hall–Kier alpha value is -1.87. The molecule has 3 nitrogen and oxygen atoms in total. The van der Waals surface area contributed by atoms with Gasteiger partial charge in [0.1, 0.15) is 0 Å². The van der Waals surface area contributed by atoms with E-state index in [9.17, 15) is 9.90 Å². The van der Waals surface area contributed by atoms with E-state index >= 15 is 0 Å². The van der Waals surface area contributed by atoms with Gasteiger partial charge in [-0.15, -0.1) is 0 Å². The molecule has 0 heterocycles. The molecule has 0 spiro atoms. The van der Waals surface area contributed by atoms with E-state index in [1.54, 1.807) is 6.07 Å². The zero-order valence-corrected chi connectivity index (χ0v) is 9.55. The van der Waals surface area contributed by atoms with Gasteiger partial charge in [0.25, 0.3) is 0 Å². The Morgan fingerprint density at radius 2 is 1.82 bits per heavy atom. The highest BCUT2D eigenvalue weighted by Crippen LogP contribution is 2.28. The summed E-state index contributed by atoms with van der Waals surface area (Å²) in [6.07, 6.45) is -1.23. The van der Waals surface area contributed by atoms with Gasteiger partial charge in [0.05, 0.1) is 12.5 Å². The Bertz CT molecular complexity index is 560. The first kappa shape index (κ1) is 11.6. The molecule has 17 heavy (non-hydrogen) atoms. The molecule has 0 aliphatic carbocycles. The number of carbonyl (C=O) groups is 1. The second-order valence-corrected chi connectivity index (χ2v) is 4.13. The number of aliphatic hydroxyl groups excluding tert-OH is 1. The lowest BCUT2D eigenvalue weighted by Crippen LogP contribution is -2.06. The molecule has 0 unspecified atom stereocenters. The zero-order chi connectivity index (χ0) is 12.4. The zero-order valence-electron chi connectivity index (χ0n) is 9.55. The van der Waals surface area contributed by atoms with Gasteiger partial charge in [-0.25, -0.2) is 0 Å². The third-order valence-electron chi connectivity index (χ3n) is 2.90. The van der Waals surface area contributed by atoms with Crippen LogP contribution in [0.15, 0.2) is 36.4 Å². The maximum atomic E-state index is 10.6. The van der Waals surface area contributed by atoms with Gasteiger partial charge in [-0.1, -0.05) is 36.4 Å². The highest BCUT2D eigenvalue weighted by Gasteiger charge is 2.15. The number of rotatable bonds is 3. The summed E-state index contributed by atoms with van der Waals surface area (Å²) in [6, 6.07) is 11.4. The molecule has 0 saturated heterocycles. The van der Waals surface area contributed by atoms with Crippen LogP contribution in [0.4, 0.5) is 0 Å². The average molecular weight is 230 g/mol. The van der Waals surface area contributed by atoms with Crippen LogP contribution in [-0.4, -0.2) is 16.2 Å². The quantitative estimate of drug-likeness (QED) is 0.852. The summed E-state index contributed by atoms with van der Waals surface area (Å²) in [5.74, 6) is -0.998. The molecule has 0 aliphatic heterocycles. The molecule has 0 amide bonds. The molecule has 0 aliphatic rings. The summed E-state index contributed by atoms with van der Waals surface area (Å²) in [5.41, 5.74) is 1.79. The van der Waals surface area contributed by atoms with Crippen LogP contribution in [0.2, 0.25) is 0 Å². The molecule has 2 aromatic rings. The van der Waals surface area contributed by atoms with E-state index < -0.39 is 12.1 Å². The Morgan fingerprint density at radius 1 is 1.18 bits per heavy atom. The van der Waals surface area contributed by atoms with Gasteiger partial charge in [-0.05, 0) is 28.8 Å². The summed E-state index contributed by atoms with van der Waals surface area (Å²) in [4.78, 5) is 10.6. The van der Waals surface area contributed by atoms with E-state index in [0.717, 1.165) is 16.3 Å². The third-order valence-corrected chi connectivity index (χ3v) is 2.90. The summed E-state index contributed by atoms with van der Waals surface area (Å²) in [7, 11) is 0. The third kappa shape index (κ3) is 2.29. The van der Waals surface area contributed by atoms with Crippen LogP contribution in [0.25, 0.3) is 10.8 Å². The summed E-state index contributed by atoms with van der Waals surface area (Å²) in [5, 5.41) is 20.6. The molecule has 0 bridgehead atoms. The molecular weight excluding hydrogens is 216 g/mol. The lowest BCUT2D eigenvalue weighted by Gasteiger charge is -2.13. The minimum absolute atomic E-state index is 0.271. The first-order valence-electron chi connectivity index (χ1n) is 5.47. The molecule has 0 radical (unpaired) electrons. The highest BCUT2D eigenvalue weighted by molar-refractivity contribution is 5.89. The molecule has 2 N–H and O–H groups in total. The van der Waals surface area contributed by atoms with Gasteiger partial charge < -0.3 is 10.2 Å². The van der Waals surface area contributed by atoms with Gasteiger partial charge in [-0.3, -0.25) is 4.79 Å². The van der Waals surface area contributed by atoms with Gasteiger partial charge in [0.2, 0.25) is 0 Å². The van der Waals surface area contributed by atoms with Crippen molar-refractivity contribution in [3.8, 4) is 0 Å². The van der Waals surface area contributed by atoms with E-state index in [0.29, 0.717) is 5.56 Å². The molecule has 88 valence electrons. The van der Waals surface area contributed by atoms with E-state index in [2.05, 4.69) is 0 Å². The molecule has 2 aromatic carbocycles. The van der Waals surface area contributed by atoms with Gasteiger partial charge in [0.15, 0.2) is 0 Å². The number of fused-ring (bicyclic) bond motifs is 1. The van der Waals surface area contributed by atoms with Crippen molar-refractivity contribution < 1.29 is 15.0 Å². The summed E-state index contributed by atoms with van der Waals surface area (Å²) in [6.45, 7) is 2.00. The van der Waals surface area contributed by atoms with Crippen LogP contribution in [0.1, 0.15) is 23.7 Å². The monoisotopic (exact) mass is 230 g/mol. The predicted molar refractivity (Wildman–Crippen MR) is 65.9 cm³/mol. The maximum Gasteiger partial charge on any atom is 0.306 e. The molecule has 0 fully saturated rings. The van der Waals surface area contributed by atoms with Crippen molar-refractivity contribution in [3.05, 3.63) is 47.5 Å². The predicted octanol–water partition coefficient (Wildman–Crippen LogP) is 2.66. The van der Waals surface area contributed by atoms with Crippen molar-refractivity contribution in [1.29, 1.82) is 0 Å². The normalized spacial score (nSPS) is 12.6. The molecule has 2 rings (SSSR count). The van der Waals surface area contributed by atoms with E-state index in [-0.39, 0.29) is 6.42 Å². The summed E-state index contributed by atoms with van der Waals surface area (Å²) >= 11 is 0. The van der Waals surface area contributed by atoms with Crippen molar-refractivity contribution >= 4 is 16.7 Å².